The van der Waals surface area contributed by atoms with Crippen molar-refractivity contribution in [3.05, 3.63) is 83.6 Å². The van der Waals surface area contributed by atoms with Crippen molar-refractivity contribution in [2.24, 2.45) is 0 Å². The Morgan fingerprint density at radius 1 is 0.824 bits per heavy atom. The number of oxazole rings is 1. The van der Waals surface area contributed by atoms with Crippen LogP contribution < -0.4 is 4.90 Å². The first-order valence-corrected chi connectivity index (χ1v) is 12.2. The number of benzene rings is 2. The van der Waals surface area contributed by atoms with E-state index in [4.69, 9.17) is 4.42 Å². The van der Waals surface area contributed by atoms with Gasteiger partial charge in [0.1, 0.15) is 6.26 Å². The fourth-order valence-electron chi connectivity index (χ4n) is 4.70. The summed E-state index contributed by atoms with van der Waals surface area (Å²) in [6, 6.07) is 19.1. The summed E-state index contributed by atoms with van der Waals surface area (Å²) in [7, 11) is 0. The Morgan fingerprint density at radius 2 is 1.47 bits per heavy atom. The Labute approximate surface area is 201 Å². The maximum atomic E-state index is 13.0. The number of nitrogens with zero attached hydrogens (tertiary/aromatic N) is 5. The topological polar surface area (TPSA) is 56.1 Å². The molecule has 2 aliphatic heterocycles. The summed E-state index contributed by atoms with van der Waals surface area (Å²) in [4.78, 5) is 26.5. The average molecular weight is 460 g/mol. The van der Waals surface area contributed by atoms with Gasteiger partial charge in [-0.1, -0.05) is 48.0 Å². The summed E-state index contributed by atoms with van der Waals surface area (Å²) in [5.74, 6) is 0.587. The van der Waals surface area contributed by atoms with Gasteiger partial charge in [-0.05, 0) is 24.6 Å². The van der Waals surface area contributed by atoms with Crippen molar-refractivity contribution in [3.63, 3.8) is 0 Å². The first-order chi connectivity index (χ1) is 16.6. The number of piperazine rings is 2. The van der Waals surface area contributed by atoms with E-state index in [0.717, 1.165) is 45.8 Å². The predicted octanol–water partition coefficient (Wildman–Crippen LogP) is 3.26. The Balaban J connectivity index is 1.08. The highest BCUT2D eigenvalue weighted by Crippen LogP contribution is 2.17. The maximum Gasteiger partial charge on any atom is 0.275 e. The summed E-state index contributed by atoms with van der Waals surface area (Å²) in [5.41, 5.74) is 4.28. The first-order valence-electron chi connectivity index (χ1n) is 12.2. The van der Waals surface area contributed by atoms with Crippen LogP contribution in [0.15, 0.2) is 65.3 Å². The maximum absolute atomic E-state index is 13.0. The van der Waals surface area contributed by atoms with E-state index >= 15 is 0 Å². The number of aromatic nitrogens is 1. The van der Waals surface area contributed by atoms with Crippen LogP contribution in [-0.2, 0) is 13.1 Å². The van der Waals surface area contributed by atoms with Crippen molar-refractivity contribution in [2.75, 3.05) is 57.3 Å². The molecule has 5 rings (SSSR count). The van der Waals surface area contributed by atoms with Gasteiger partial charge in [-0.25, -0.2) is 4.98 Å². The lowest BCUT2D eigenvalue weighted by Gasteiger charge is -2.35. The molecule has 0 atom stereocenters. The zero-order valence-corrected chi connectivity index (χ0v) is 19.9. The third-order valence-electron chi connectivity index (χ3n) is 6.81. The molecule has 0 saturated carbocycles. The van der Waals surface area contributed by atoms with Gasteiger partial charge in [-0.3, -0.25) is 14.6 Å². The molecule has 2 aromatic carbocycles. The molecule has 2 saturated heterocycles. The fraction of sp³-hybridized carbons (Fsp3) is 0.407. The molecule has 0 spiro atoms. The molecule has 34 heavy (non-hydrogen) atoms. The lowest BCUT2D eigenvalue weighted by molar-refractivity contribution is 0.0740. The second kappa shape index (κ2) is 10.4. The SMILES string of the molecule is Cc1ccc(CN2CCN(Cc3nc(C(=O)N4CCN(c5ccccc5)CC4)co3)CC2)cc1. The van der Waals surface area contributed by atoms with Gasteiger partial charge in [0, 0.05) is 64.6 Å². The molecule has 0 unspecified atom stereocenters. The number of rotatable bonds is 6. The van der Waals surface area contributed by atoms with Gasteiger partial charge < -0.3 is 14.2 Å². The van der Waals surface area contributed by atoms with Crippen molar-refractivity contribution in [1.29, 1.82) is 0 Å². The third kappa shape index (κ3) is 5.48. The predicted molar refractivity (Wildman–Crippen MR) is 133 cm³/mol. The molecule has 2 fully saturated rings. The standard InChI is InChI=1S/C27H33N5O2/c1-22-7-9-23(10-8-22)19-29-11-13-30(14-12-29)20-26-28-25(21-34-26)27(33)32-17-15-31(16-18-32)24-5-3-2-4-6-24/h2-10,21H,11-20H2,1H3. The van der Waals surface area contributed by atoms with Crippen molar-refractivity contribution in [1.82, 2.24) is 19.7 Å². The van der Waals surface area contributed by atoms with E-state index < -0.39 is 0 Å². The minimum atomic E-state index is -0.0365. The van der Waals surface area contributed by atoms with Gasteiger partial charge in [0.2, 0.25) is 5.89 Å². The van der Waals surface area contributed by atoms with Gasteiger partial charge in [0.15, 0.2) is 5.69 Å². The van der Waals surface area contributed by atoms with Crippen LogP contribution >= 0.6 is 0 Å². The van der Waals surface area contributed by atoms with Gasteiger partial charge in [-0.2, -0.15) is 0 Å². The molecule has 2 aliphatic rings. The molecule has 0 radical (unpaired) electrons. The van der Waals surface area contributed by atoms with Gasteiger partial charge in [-0.15, -0.1) is 0 Å². The van der Waals surface area contributed by atoms with Gasteiger partial charge >= 0.3 is 0 Å². The highest BCUT2D eigenvalue weighted by Gasteiger charge is 2.25. The number of aryl methyl sites for hydroxylation is 1. The molecule has 7 nitrogen and oxygen atoms in total. The molecule has 3 heterocycles. The minimum Gasteiger partial charge on any atom is -0.447 e. The monoisotopic (exact) mass is 459 g/mol. The van der Waals surface area contributed by atoms with E-state index in [-0.39, 0.29) is 5.91 Å². The number of anilines is 1. The van der Waals surface area contributed by atoms with E-state index in [9.17, 15) is 4.79 Å². The van der Waals surface area contributed by atoms with E-state index in [0.29, 0.717) is 31.2 Å². The zero-order valence-electron chi connectivity index (χ0n) is 19.9. The Morgan fingerprint density at radius 3 is 2.15 bits per heavy atom. The van der Waals surface area contributed by atoms with Crippen LogP contribution in [0.5, 0.6) is 0 Å². The molecule has 0 N–H and O–H groups in total. The quantitative estimate of drug-likeness (QED) is 0.564. The summed E-state index contributed by atoms with van der Waals surface area (Å²) in [6.45, 7) is 10.8. The third-order valence-corrected chi connectivity index (χ3v) is 6.81. The highest BCUT2D eigenvalue weighted by molar-refractivity contribution is 5.92. The number of hydrogen-bond acceptors (Lipinski definition) is 6. The Bertz CT molecular complexity index is 1070. The largest absolute Gasteiger partial charge is 0.447 e. The second-order valence-corrected chi connectivity index (χ2v) is 9.28. The van der Waals surface area contributed by atoms with Crippen LogP contribution in [0.2, 0.25) is 0 Å². The van der Waals surface area contributed by atoms with Crippen molar-refractivity contribution in [2.45, 2.75) is 20.0 Å². The van der Waals surface area contributed by atoms with E-state index in [2.05, 4.69) is 63.0 Å². The number of carbonyl (C=O) groups is 1. The average Bonchev–Trinajstić information content (AvgIpc) is 3.35. The van der Waals surface area contributed by atoms with Crippen LogP contribution in [0.25, 0.3) is 0 Å². The van der Waals surface area contributed by atoms with Crippen LogP contribution in [0.3, 0.4) is 0 Å². The number of carbonyl (C=O) groups excluding carboxylic acids is 1. The molecular formula is C27H33N5O2. The van der Waals surface area contributed by atoms with Gasteiger partial charge in [0.25, 0.3) is 5.91 Å². The number of hydrogen-bond donors (Lipinski definition) is 0. The van der Waals surface area contributed by atoms with Gasteiger partial charge in [0.05, 0.1) is 6.54 Å². The fourth-order valence-corrected chi connectivity index (χ4v) is 4.70. The summed E-state index contributed by atoms with van der Waals surface area (Å²) in [6.07, 6.45) is 1.52. The molecule has 0 aliphatic carbocycles. The van der Waals surface area contributed by atoms with Crippen LogP contribution in [0.4, 0.5) is 5.69 Å². The van der Waals surface area contributed by atoms with E-state index in [1.807, 2.05) is 23.1 Å². The minimum absolute atomic E-state index is 0.0365. The lowest BCUT2D eigenvalue weighted by Crippen LogP contribution is -2.48. The highest BCUT2D eigenvalue weighted by atomic mass is 16.3. The number of para-hydroxylation sites is 1. The van der Waals surface area contributed by atoms with Crippen molar-refractivity contribution >= 4 is 11.6 Å². The number of amides is 1. The first kappa shape index (κ1) is 22.6. The summed E-state index contributed by atoms with van der Waals surface area (Å²) < 4.78 is 5.68. The lowest BCUT2D eigenvalue weighted by atomic mass is 10.1. The molecule has 1 aromatic heterocycles. The second-order valence-electron chi connectivity index (χ2n) is 9.28. The summed E-state index contributed by atoms with van der Waals surface area (Å²) >= 11 is 0. The Hall–Kier alpha value is -3.16. The molecular weight excluding hydrogens is 426 g/mol. The van der Waals surface area contributed by atoms with Crippen molar-refractivity contribution < 1.29 is 9.21 Å². The van der Waals surface area contributed by atoms with Crippen LogP contribution in [-0.4, -0.2) is 77.9 Å². The Kier molecular flexibility index (Phi) is 6.92. The molecule has 0 bridgehead atoms. The molecule has 1 amide bonds. The summed E-state index contributed by atoms with van der Waals surface area (Å²) in [5, 5.41) is 0. The normalized spacial score (nSPS) is 17.8. The van der Waals surface area contributed by atoms with Crippen LogP contribution in [0.1, 0.15) is 27.5 Å². The van der Waals surface area contributed by atoms with E-state index in [1.165, 1.54) is 23.1 Å². The van der Waals surface area contributed by atoms with Crippen molar-refractivity contribution in [3.8, 4) is 0 Å². The van der Waals surface area contributed by atoms with E-state index in [1.54, 1.807) is 0 Å². The smallest absolute Gasteiger partial charge is 0.275 e. The molecule has 178 valence electrons. The molecule has 3 aromatic rings. The van der Waals surface area contributed by atoms with Crippen LogP contribution in [0, 0.1) is 6.92 Å². The molecule has 7 heteroatoms. The zero-order chi connectivity index (χ0) is 23.3.